The lowest BCUT2D eigenvalue weighted by atomic mass is 9.77. The molecule has 0 aliphatic heterocycles. The maximum Gasteiger partial charge on any atom is 0.407 e. The second-order valence-corrected chi connectivity index (χ2v) is 11.4. The van der Waals surface area contributed by atoms with Crippen LogP contribution in [0.3, 0.4) is 0 Å². The predicted molar refractivity (Wildman–Crippen MR) is 141 cm³/mol. The minimum absolute atomic E-state index is 0.0515. The molecular formula is C29H38N2O6. The number of nitrogens with one attached hydrogen (secondary N) is 1. The fourth-order valence-electron chi connectivity index (χ4n) is 4.92. The number of alkyl carbamates (subject to hydrolysis) is 1. The number of nitrogens with two attached hydrogens (primary N) is 1. The maximum absolute atomic E-state index is 13.6. The first kappa shape index (κ1) is 28.3. The molecule has 0 bridgehead atoms. The molecule has 8 nitrogen and oxygen atoms in total. The molecule has 4 N–H and O–H groups in total. The quantitative estimate of drug-likeness (QED) is 0.402. The van der Waals surface area contributed by atoms with E-state index in [0.29, 0.717) is 0 Å². The van der Waals surface area contributed by atoms with E-state index in [1.54, 1.807) is 20.8 Å². The minimum Gasteiger partial charge on any atom is -0.479 e. The van der Waals surface area contributed by atoms with Crippen molar-refractivity contribution in [3.63, 3.8) is 0 Å². The summed E-state index contributed by atoms with van der Waals surface area (Å²) in [5.41, 5.74) is 5.80. The molecule has 0 aromatic heterocycles. The van der Waals surface area contributed by atoms with Crippen LogP contribution in [-0.4, -0.2) is 52.8 Å². The molecule has 8 heteroatoms. The number of fused-ring (bicyclic) bond motifs is 3. The fourth-order valence-corrected chi connectivity index (χ4v) is 4.92. The normalized spacial score (nSPS) is 16.3. The Hall–Kier alpha value is -3.23. The number of Topliss-reactive ketones (excluding diaryl/α,β-unsaturated/α-hetero) is 1. The number of carbonyl (C=O) groups excluding carboxylic acids is 2. The van der Waals surface area contributed by atoms with Crippen LogP contribution in [0.4, 0.5) is 4.79 Å². The number of carboxylic acids is 1. The molecule has 0 radical (unpaired) electrons. The third-order valence-electron chi connectivity index (χ3n) is 6.56. The van der Waals surface area contributed by atoms with Gasteiger partial charge in [-0.2, -0.15) is 0 Å². The van der Waals surface area contributed by atoms with E-state index in [4.69, 9.17) is 15.2 Å². The van der Waals surface area contributed by atoms with Crippen molar-refractivity contribution in [1.29, 1.82) is 0 Å². The lowest BCUT2D eigenvalue weighted by Crippen LogP contribution is -2.69. The lowest BCUT2D eigenvalue weighted by Gasteiger charge is -2.37. The van der Waals surface area contributed by atoms with E-state index in [1.807, 2.05) is 62.4 Å². The summed E-state index contributed by atoms with van der Waals surface area (Å²) < 4.78 is 11.2. The zero-order valence-electron chi connectivity index (χ0n) is 22.5. The first-order chi connectivity index (χ1) is 17.2. The Kier molecular flexibility index (Phi) is 8.15. The zero-order valence-corrected chi connectivity index (χ0v) is 22.5. The van der Waals surface area contributed by atoms with Gasteiger partial charge in [-0.25, -0.2) is 9.59 Å². The van der Waals surface area contributed by atoms with Gasteiger partial charge in [0.05, 0.1) is 12.2 Å². The zero-order chi connectivity index (χ0) is 27.6. The number of rotatable bonds is 10. The van der Waals surface area contributed by atoms with Crippen molar-refractivity contribution in [3.05, 3.63) is 59.7 Å². The number of hydrogen-bond acceptors (Lipinski definition) is 6. The van der Waals surface area contributed by atoms with Gasteiger partial charge in [-0.05, 0) is 62.3 Å². The van der Waals surface area contributed by atoms with Crippen LogP contribution >= 0.6 is 0 Å². The molecule has 0 spiro atoms. The summed E-state index contributed by atoms with van der Waals surface area (Å²) in [4.78, 5) is 38.8. The van der Waals surface area contributed by atoms with Gasteiger partial charge in [-0.1, -0.05) is 62.4 Å². The van der Waals surface area contributed by atoms with E-state index in [2.05, 4.69) is 5.32 Å². The Morgan fingerprint density at radius 2 is 1.49 bits per heavy atom. The number of amides is 1. The van der Waals surface area contributed by atoms with Crippen LogP contribution in [0.5, 0.6) is 0 Å². The molecule has 0 fully saturated rings. The van der Waals surface area contributed by atoms with Crippen LogP contribution in [0.1, 0.15) is 65.0 Å². The van der Waals surface area contributed by atoms with Crippen LogP contribution in [0.2, 0.25) is 0 Å². The molecule has 2 aromatic carbocycles. The first-order valence-corrected chi connectivity index (χ1v) is 12.5. The van der Waals surface area contributed by atoms with Gasteiger partial charge in [0.1, 0.15) is 12.1 Å². The highest BCUT2D eigenvalue weighted by atomic mass is 16.5. The molecule has 0 heterocycles. The lowest BCUT2D eigenvalue weighted by molar-refractivity contribution is -0.156. The number of hydrogen-bond donors (Lipinski definition) is 3. The molecule has 1 aliphatic carbocycles. The van der Waals surface area contributed by atoms with Crippen molar-refractivity contribution in [2.75, 3.05) is 13.2 Å². The summed E-state index contributed by atoms with van der Waals surface area (Å²) in [5.74, 6) is -2.58. The average Bonchev–Trinajstić information content (AvgIpc) is 3.13. The highest BCUT2D eigenvalue weighted by Crippen LogP contribution is 2.44. The number of carboxylic acid groups (broad SMARTS) is 1. The topological polar surface area (TPSA) is 128 Å². The Morgan fingerprint density at radius 1 is 0.973 bits per heavy atom. The van der Waals surface area contributed by atoms with Crippen molar-refractivity contribution in [2.45, 2.75) is 70.6 Å². The summed E-state index contributed by atoms with van der Waals surface area (Å²) in [5, 5.41) is 12.5. The number of ketones is 1. The highest BCUT2D eigenvalue weighted by molar-refractivity contribution is 6.12. The van der Waals surface area contributed by atoms with Crippen molar-refractivity contribution in [2.24, 2.45) is 11.7 Å². The number of benzene rings is 2. The van der Waals surface area contributed by atoms with E-state index >= 15 is 0 Å². The molecule has 0 saturated carbocycles. The molecule has 0 saturated heterocycles. The van der Waals surface area contributed by atoms with E-state index in [-0.39, 0.29) is 24.9 Å². The van der Waals surface area contributed by atoms with Gasteiger partial charge in [0.25, 0.3) is 0 Å². The van der Waals surface area contributed by atoms with Gasteiger partial charge < -0.3 is 25.6 Å². The van der Waals surface area contributed by atoms with Gasteiger partial charge in [0, 0.05) is 5.92 Å². The standard InChI is InChI=1S/C29H38N2O6/c1-18(2)15-28(6,24(32)29(30,25(33)34)17-37-27(3,4)5)31-26(35)36-16-23-21-13-9-7-11-19(21)20-12-8-10-14-22(20)23/h7-14,18,23H,15-17,30H2,1-6H3,(H,31,35)(H,33,34)/t28?,29-/m0/s1. The Labute approximate surface area is 218 Å². The largest absolute Gasteiger partial charge is 0.479 e. The van der Waals surface area contributed by atoms with Crippen molar-refractivity contribution < 1.29 is 29.0 Å². The summed E-state index contributed by atoms with van der Waals surface area (Å²) in [6.07, 6.45) is -0.652. The number of carbonyl (C=O) groups is 3. The maximum atomic E-state index is 13.6. The molecule has 1 aliphatic rings. The minimum atomic E-state index is -2.35. The molecule has 200 valence electrons. The van der Waals surface area contributed by atoms with E-state index in [9.17, 15) is 19.5 Å². The second kappa shape index (κ2) is 10.6. The summed E-state index contributed by atoms with van der Waals surface area (Å²) >= 11 is 0. The van der Waals surface area contributed by atoms with E-state index in [0.717, 1.165) is 22.3 Å². The van der Waals surface area contributed by atoms with Gasteiger partial charge in [0.2, 0.25) is 0 Å². The number of aliphatic carboxylic acids is 1. The molecule has 1 amide bonds. The third kappa shape index (κ3) is 6.19. The molecule has 1 unspecified atom stereocenters. The molecule has 37 heavy (non-hydrogen) atoms. The van der Waals surface area contributed by atoms with Gasteiger partial charge in [-0.3, -0.25) is 4.79 Å². The molecule has 2 aromatic rings. The molecule has 2 atom stereocenters. The van der Waals surface area contributed by atoms with Gasteiger partial charge in [-0.15, -0.1) is 0 Å². The monoisotopic (exact) mass is 510 g/mol. The summed E-state index contributed by atoms with van der Waals surface area (Å²) in [6, 6.07) is 15.9. The average molecular weight is 511 g/mol. The summed E-state index contributed by atoms with van der Waals surface area (Å²) in [7, 11) is 0. The Balaban J connectivity index is 1.80. The van der Waals surface area contributed by atoms with Crippen LogP contribution < -0.4 is 11.1 Å². The van der Waals surface area contributed by atoms with Crippen molar-refractivity contribution >= 4 is 17.8 Å². The van der Waals surface area contributed by atoms with Gasteiger partial charge in [0.15, 0.2) is 11.3 Å². The van der Waals surface area contributed by atoms with Crippen LogP contribution in [0.25, 0.3) is 11.1 Å². The number of ether oxygens (including phenoxy) is 2. The third-order valence-corrected chi connectivity index (χ3v) is 6.56. The van der Waals surface area contributed by atoms with Gasteiger partial charge >= 0.3 is 12.1 Å². The van der Waals surface area contributed by atoms with E-state index in [1.165, 1.54) is 6.92 Å². The Bertz CT molecular complexity index is 1130. The van der Waals surface area contributed by atoms with Crippen molar-refractivity contribution in [1.82, 2.24) is 5.32 Å². The highest BCUT2D eigenvalue weighted by Gasteiger charge is 2.52. The van der Waals surface area contributed by atoms with Crippen molar-refractivity contribution in [3.8, 4) is 11.1 Å². The Morgan fingerprint density at radius 3 is 1.95 bits per heavy atom. The van der Waals surface area contributed by atoms with Crippen LogP contribution in [0, 0.1) is 5.92 Å². The second-order valence-electron chi connectivity index (χ2n) is 11.4. The SMILES string of the molecule is CC(C)CC(C)(NC(=O)OCC1c2ccccc2-c2ccccc21)C(=O)[C@@](N)(COC(C)(C)C)C(=O)O. The smallest absolute Gasteiger partial charge is 0.407 e. The predicted octanol–water partition coefficient (Wildman–Crippen LogP) is 4.50. The summed E-state index contributed by atoms with van der Waals surface area (Å²) in [6.45, 7) is 9.96. The van der Waals surface area contributed by atoms with Crippen LogP contribution in [0.15, 0.2) is 48.5 Å². The first-order valence-electron chi connectivity index (χ1n) is 12.5. The fraction of sp³-hybridized carbons (Fsp3) is 0.483. The van der Waals surface area contributed by atoms with E-state index < -0.39 is 41.1 Å². The molecule has 3 rings (SSSR count). The molecular weight excluding hydrogens is 472 g/mol. The van der Waals surface area contributed by atoms with Crippen LogP contribution in [-0.2, 0) is 19.1 Å².